The molecule has 0 radical (unpaired) electrons. The van der Waals surface area contributed by atoms with Gasteiger partial charge in [-0.25, -0.2) is 4.90 Å². The molecule has 0 aromatic heterocycles. The van der Waals surface area contributed by atoms with E-state index in [-0.39, 0.29) is 10.6 Å². The lowest BCUT2D eigenvalue weighted by molar-refractivity contribution is -0.119. The van der Waals surface area contributed by atoms with Crippen LogP contribution < -0.4 is 9.64 Å². The smallest absolute Gasteiger partial charge is 0.277 e. The molecule has 0 N–H and O–H groups in total. The lowest BCUT2D eigenvalue weighted by Gasteiger charge is -2.17. The van der Waals surface area contributed by atoms with Gasteiger partial charge in [-0.3, -0.25) is 9.59 Å². The van der Waals surface area contributed by atoms with Crippen molar-refractivity contribution in [1.29, 1.82) is 0 Å². The molecule has 0 fully saturated rings. The number of anilines is 1. The molecule has 0 saturated carbocycles. The third-order valence-corrected chi connectivity index (χ3v) is 4.39. The fourth-order valence-electron chi connectivity index (χ4n) is 2.60. The molecule has 6 heteroatoms. The molecule has 0 atom stereocenters. The fourth-order valence-corrected chi connectivity index (χ4v) is 3.10. The molecule has 122 valence electrons. The molecule has 2 aromatic carbocycles. The summed E-state index contributed by atoms with van der Waals surface area (Å²) in [6.07, 6.45) is 0. The van der Waals surface area contributed by atoms with Crippen LogP contribution in [0.4, 0.5) is 5.69 Å². The second-order valence-corrected chi connectivity index (χ2v) is 6.11. The SMILES string of the molecule is COc1ccc(C2=C(Cl)C(=O)N(c3ccc(Cl)cc3C)C2=O)cc1. The number of benzene rings is 2. The van der Waals surface area contributed by atoms with Gasteiger partial charge in [-0.2, -0.15) is 0 Å². The van der Waals surface area contributed by atoms with Gasteiger partial charge in [-0.15, -0.1) is 0 Å². The Morgan fingerprint density at radius 3 is 2.21 bits per heavy atom. The Balaban J connectivity index is 2.04. The summed E-state index contributed by atoms with van der Waals surface area (Å²) >= 11 is 12.1. The average molecular weight is 362 g/mol. The number of halogens is 2. The van der Waals surface area contributed by atoms with E-state index in [1.54, 1.807) is 56.5 Å². The van der Waals surface area contributed by atoms with E-state index >= 15 is 0 Å². The second-order valence-electron chi connectivity index (χ2n) is 5.29. The highest BCUT2D eigenvalue weighted by Crippen LogP contribution is 2.37. The third-order valence-electron chi connectivity index (χ3n) is 3.81. The molecule has 2 amide bonds. The minimum Gasteiger partial charge on any atom is -0.497 e. The van der Waals surface area contributed by atoms with Crippen LogP contribution in [0, 0.1) is 6.92 Å². The van der Waals surface area contributed by atoms with Gasteiger partial charge in [-0.1, -0.05) is 35.3 Å². The molecule has 0 spiro atoms. The van der Waals surface area contributed by atoms with E-state index in [0.29, 0.717) is 27.6 Å². The highest BCUT2D eigenvalue weighted by Gasteiger charge is 2.39. The number of imide groups is 1. The van der Waals surface area contributed by atoms with Crippen LogP contribution in [0.15, 0.2) is 47.5 Å². The molecule has 24 heavy (non-hydrogen) atoms. The van der Waals surface area contributed by atoms with Crippen molar-refractivity contribution in [2.45, 2.75) is 6.92 Å². The van der Waals surface area contributed by atoms with Crippen molar-refractivity contribution in [3.8, 4) is 5.75 Å². The van der Waals surface area contributed by atoms with Crippen LogP contribution in [-0.2, 0) is 9.59 Å². The Hall–Kier alpha value is -2.30. The van der Waals surface area contributed by atoms with Crippen molar-refractivity contribution in [3.05, 3.63) is 63.6 Å². The Morgan fingerprint density at radius 2 is 1.62 bits per heavy atom. The van der Waals surface area contributed by atoms with Gasteiger partial charge < -0.3 is 4.74 Å². The van der Waals surface area contributed by atoms with E-state index in [1.807, 2.05) is 0 Å². The number of hydrogen-bond acceptors (Lipinski definition) is 3. The van der Waals surface area contributed by atoms with Gasteiger partial charge in [0.15, 0.2) is 0 Å². The largest absolute Gasteiger partial charge is 0.497 e. The van der Waals surface area contributed by atoms with Crippen molar-refractivity contribution < 1.29 is 14.3 Å². The van der Waals surface area contributed by atoms with Crippen molar-refractivity contribution in [1.82, 2.24) is 0 Å². The quantitative estimate of drug-likeness (QED) is 0.770. The first-order valence-electron chi connectivity index (χ1n) is 7.13. The number of amides is 2. The molecule has 1 aliphatic heterocycles. The molecule has 0 unspecified atom stereocenters. The fraction of sp³-hybridized carbons (Fsp3) is 0.111. The third kappa shape index (κ3) is 2.68. The average Bonchev–Trinajstić information content (AvgIpc) is 2.78. The van der Waals surface area contributed by atoms with Crippen molar-refractivity contribution in [2.24, 2.45) is 0 Å². The Kier molecular flexibility index (Phi) is 4.35. The topological polar surface area (TPSA) is 46.6 Å². The summed E-state index contributed by atoms with van der Waals surface area (Å²) in [7, 11) is 1.55. The molecule has 2 aromatic rings. The van der Waals surface area contributed by atoms with E-state index in [9.17, 15) is 9.59 Å². The van der Waals surface area contributed by atoms with Gasteiger partial charge in [0.1, 0.15) is 10.8 Å². The molecule has 1 aliphatic rings. The summed E-state index contributed by atoms with van der Waals surface area (Å²) < 4.78 is 5.10. The monoisotopic (exact) mass is 361 g/mol. The first-order valence-corrected chi connectivity index (χ1v) is 7.88. The van der Waals surface area contributed by atoms with Gasteiger partial charge in [0.2, 0.25) is 0 Å². The van der Waals surface area contributed by atoms with E-state index in [4.69, 9.17) is 27.9 Å². The summed E-state index contributed by atoms with van der Waals surface area (Å²) in [6, 6.07) is 11.8. The maximum Gasteiger partial charge on any atom is 0.277 e. The van der Waals surface area contributed by atoms with E-state index in [2.05, 4.69) is 0 Å². The molecule has 4 nitrogen and oxygen atoms in total. The predicted molar refractivity (Wildman–Crippen MR) is 94.4 cm³/mol. The standard InChI is InChI=1S/C18H13Cl2NO3/c1-10-9-12(19)5-8-14(10)21-17(22)15(16(20)18(21)23)11-3-6-13(24-2)7-4-11/h3-9H,1-2H3. The van der Waals surface area contributed by atoms with Gasteiger partial charge in [0.05, 0.1) is 18.4 Å². The van der Waals surface area contributed by atoms with Crippen molar-refractivity contribution in [3.63, 3.8) is 0 Å². The van der Waals surface area contributed by atoms with E-state index < -0.39 is 11.8 Å². The Bertz CT molecular complexity index is 872. The first-order chi connectivity index (χ1) is 11.4. The highest BCUT2D eigenvalue weighted by atomic mass is 35.5. The summed E-state index contributed by atoms with van der Waals surface area (Å²) in [5.41, 5.74) is 1.92. The molecule has 0 saturated heterocycles. The van der Waals surface area contributed by atoms with Crippen molar-refractivity contribution >= 4 is 46.3 Å². The highest BCUT2D eigenvalue weighted by molar-refractivity contribution is 6.60. The van der Waals surface area contributed by atoms with Crippen LogP contribution >= 0.6 is 23.2 Å². The number of carbonyl (C=O) groups is 2. The number of ether oxygens (including phenoxy) is 1. The van der Waals surface area contributed by atoms with E-state index in [0.717, 1.165) is 4.90 Å². The number of methoxy groups -OCH3 is 1. The number of nitrogens with zero attached hydrogens (tertiary/aromatic N) is 1. The number of aryl methyl sites for hydroxylation is 1. The molecular weight excluding hydrogens is 349 g/mol. The summed E-state index contributed by atoms with van der Waals surface area (Å²) in [5.74, 6) is -0.351. The van der Waals surface area contributed by atoms with Gasteiger partial charge in [0.25, 0.3) is 11.8 Å². The van der Waals surface area contributed by atoms with Gasteiger partial charge in [0, 0.05) is 5.02 Å². The Morgan fingerprint density at radius 1 is 0.958 bits per heavy atom. The van der Waals surface area contributed by atoms with E-state index in [1.165, 1.54) is 0 Å². The van der Waals surface area contributed by atoms with Crippen LogP contribution in [-0.4, -0.2) is 18.9 Å². The minimum absolute atomic E-state index is 0.0977. The van der Waals surface area contributed by atoms with Crippen LogP contribution in [0.1, 0.15) is 11.1 Å². The second kappa shape index (κ2) is 6.30. The molecule has 0 aliphatic carbocycles. The number of rotatable bonds is 3. The zero-order chi connectivity index (χ0) is 17.4. The zero-order valence-corrected chi connectivity index (χ0v) is 14.5. The minimum atomic E-state index is -0.544. The van der Waals surface area contributed by atoms with Crippen LogP contribution in [0.3, 0.4) is 0 Å². The summed E-state index contributed by atoms with van der Waals surface area (Å²) in [5, 5.41) is 0.435. The maximum atomic E-state index is 12.8. The molecule has 1 heterocycles. The Labute approximate surface area is 149 Å². The lowest BCUT2D eigenvalue weighted by Crippen LogP contribution is -2.31. The van der Waals surface area contributed by atoms with Gasteiger partial charge >= 0.3 is 0 Å². The van der Waals surface area contributed by atoms with Gasteiger partial charge in [-0.05, 0) is 48.4 Å². The van der Waals surface area contributed by atoms with Crippen LogP contribution in [0.5, 0.6) is 5.75 Å². The normalized spacial score (nSPS) is 14.6. The summed E-state index contributed by atoms with van der Waals surface area (Å²) in [6.45, 7) is 1.78. The lowest BCUT2D eigenvalue weighted by atomic mass is 10.1. The van der Waals surface area contributed by atoms with Crippen LogP contribution in [0.2, 0.25) is 5.02 Å². The van der Waals surface area contributed by atoms with Crippen molar-refractivity contribution in [2.75, 3.05) is 12.0 Å². The zero-order valence-electron chi connectivity index (χ0n) is 13.0. The first kappa shape index (κ1) is 16.6. The molecule has 3 rings (SSSR count). The summed E-state index contributed by atoms with van der Waals surface area (Å²) in [4.78, 5) is 26.4. The molecular formula is C18H13Cl2NO3. The van der Waals surface area contributed by atoms with Crippen LogP contribution in [0.25, 0.3) is 5.57 Å². The molecule has 0 bridgehead atoms. The number of carbonyl (C=O) groups excluding carboxylic acids is 2. The number of hydrogen-bond donors (Lipinski definition) is 0. The maximum absolute atomic E-state index is 12.8. The predicted octanol–water partition coefficient (Wildman–Crippen LogP) is 4.18.